The molecule has 1 aromatic heterocycles. The third kappa shape index (κ3) is 3.66. The lowest BCUT2D eigenvalue weighted by Gasteiger charge is -2.23. The number of hydrogen-bond donors (Lipinski definition) is 2. The number of carboxylic acids is 1. The minimum Gasteiger partial charge on any atom is -0.477 e. The van der Waals surface area contributed by atoms with Crippen LogP contribution in [0.4, 0.5) is 5.82 Å². The molecule has 0 bridgehead atoms. The number of aromatic carboxylic acids is 1. The van der Waals surface area contributed by atoms with Crippen molar-refractivity contribution < 1.29 is 9.90 Å². The highest BCUT2D eigenvalue weighted by atomic mass is 16.4. The van der Waals surface area contributed by atoms with Crippen LogP contribution in [0.5, 0.6) is 0 Å². The van der Waals surface area contributed by atoms with Crippen LogP contribution in [0.1, 0.15) is 68.2 Å². The van der Waals surface area contributed by atoms with Gasteiger partial charge in [0.1, 0.15) is 11.6 Å². The molecule has 0 atom stereocenters. The van der Waals surface area contributed by atoms with Crippen LogP contribution >= 0.6 is 0 Å². The minimum absolute atomic E-state index is 0.0667. The van der Waals surface area contributed by atoms with Gasteiger partial charge in [0, 0.05) is 18.0 Å². The Morgan fingerprint density at radius 2 is 2.00 bits per heavy atom. The van der Waals surface area contributed by atoms with Gasteiger partial charge in [-0.2, -0.15) is 0 Å². The Labute approximate surface area is 113 Å². The summed E-state index contributed by atoms with van der Waals surface area (Å²) in [6.07, 6.45) is 6.00. The zero-order valence-corrected chi connectivity index (χ0v) is 11.5. The Morgan fingerprint density at radius 1 is 1.32 bits per heavy atom. The summed E-state index contributed by atoms with van der Waals surface area (Å²) in [4.78, 5) is 19.6. The molecule has 0 aliphatic heterocycles. The van der Waals surface area contributed by atoms with Gasteiger partial charge in [0.15, 0.2) is 5.69 Å². The molecule has 0 spiro atoms. The number of hydrogen-bond acceptors (Lipinski definition) is 4. The van der Waals surface area contributed by atoms with Crippen LogP contribution in [0.15, 0.2) is 6.07 Å². The van der Waals surface area contributed by atoms with Crippen molar-refractivity contribution in [3.8, 4) is 0 Å². The quantitative estimate of drug-likeness (QED) is 0.873. The minimum atomic E-state index is -1.00. The molecule has 19 heavy (non-hydrogen) atoms. The van der Waals surface area contributed by atoms with Gasteiger partial charge in [-0.25, -0.2) is 14.8 Å². The lowest BCUT2D eigenvalue weighted by atomic mass is 9.95. The van der Waals surface area contributed by atoms with E-state index < -0.39 is 5.97 Å². The molecule has 2 rings (SSSR count). The monoisotopic (exact) mass is 263 g/mol. The SMILES string of the molecule is CC(C)c1nc(NC2CCCCC2)cc(C(=O)O)n1. The van der Waals surface area contributed by atoms with Gasteiger partial charge >= 0.3 is 5.97 Å². The van der Waals surface area contributed by atoms with E-state index in [9.17, 15) is 4.79 Å². The smallest absolute Gasteiger partial charge is 0.354 e. The molecule has 1 aromatic rings. The molecule has 1 heterocycles. The van der Waals surface area contributed by atoms with Crippen molar-refractivity contribution in [2.75, 3.05) is 5.32 Å². The number of anilines is 1. The Balaban J connectivity index is 2.20. The second-order valence-corrected chi connectivity index (χ2v) is 5.44. The molecule has 0 amide bonds. The van der Waals surface area contributed by atoms with Crippen molar-refractivity contribution in [1.82, 2.24) is 9.97 Å². The van der Waals surface area contributed by atoms with Crippen LogP contribution in [-0.4, -0.2) is 27.1 Å². The summed E-state index contributed by atoms with van der Waals surface area (Å²) in [6.45, 7) is 3.93. The summed E-state index contributed by atoms with van der Waals surface area (Å²) < 4.78 is 0. The van der Waals surface area contributed by atoms with E-state index in [1.165, 1.54) is 25.3 Å². The van der Waals surface area contributed by atoms with Gasteiger partial charge in [-0.3, -0.25) is 0 Å². The number of nitrogens with zero attached hydrogens (tertiary/aromatic N) is 2. The van der Waals surface area contributed by atoms with E-state index in [2.05, 4.69) is 15.3 Å². The van der Waals surface area contributed by atoms with Gasteiger partial charge in [0.25, 0.3) is 0 Å². The van der Waals surface area contributed by atoms with Gasteiger partial charge in [-0.15, -0.1) is 0 Å². The standard InChI is InChI=1S/C14H21N3O2/c1-9(2)13-16-11(14(18)19)8-12(17-13)15-10-6-4-3-5-7-10/h8-10H,3-7H2,1-2H3,(H,18,19)(H,15,16,17). The zero-order chi connectivity index (χ0) is 13.8. The van der Waals surface area contributed by atoms with Gasteiger partial charge in [-0.05, 0) is 12.8 Å². The molecular weight excluding hydrogens is 242 g/mol. The highest BCUT2D eigenvalue weighted by Crippen LogP contribution is 2.22. The number of carboxylic acid groups (broad SMARTS) is 1. The van der Waals surface area contributed by atoms with Crippen molar-refractivity contribution in [2.24, 2.45) is 0 Å². The van der Waals surface area contributed by atoms with E-state index >= 15 is 0 Å². The topological polar surface area (TPSA) is 75.1 Å². The van der Waals surface area contributed by atoms with Crippen molar-refractivity contribution in [3.63, 3.8) is 0 Å². The average molecular weight is 263 g/mol. The lowest BCUT2D eigenvalue weighted by Crippen LogP contribution is -2.23. The predicted octanol–water partition coefficient (Wildman–Crippen LogP) is 3.04. The van der Waals surface area contributed by atoms with Gasteiger partial charge in [0.05, 0.1) is 0 Å². The van der Waals surface area contributed by atoms with Crippen molar-refractivity contribution in [3.05, 3.63) is 17.6 Å². The molecule has 0 aromatic carbocycles. The highest BCUT2D eigenvalue weighted by molar-refractivity contribution is 5.86. The summed E-state index contributed by atoms with van der Waals surface area (Å²) in [7, 11) is 0. The van der Waals surface area contributed by atoms with Crippen molar-refractivity contribution in [1.29, 1.82) is 0 Å². The summed E-state index contributed by atoms with van der Waals surface area (Å²) >= 11 is 0. The molecule has 5 nitrogen and oxygen atoms in total. The van der Waals surface area contributed by atoms with Crippen LogP contribution in [0, 0.1) is 0 Å². The van der Waals surface area contributed by atoms with E-state index in [0.717, 1.165) is 12.8 Å². The van der Waals surface area contributed by atoms with E-state index in [1.807, 2.05) is 13.8 Å². The van der Waals surface area contributed by atoms with Crippen LogP contribution < -0.4 is 5.32 Å². The van der Waals surface area contributed by atoms with E-state index in [1.54, 1.807) is 0 Å². The van der Waals surface area contributed by atoms with E-state index in [-0.39, 0.29) is 11.6 Å². The molecule has 0 unspecified atom stereocenters. The Bertz CT molecular complexity index is 454. The zero-order valence-electron chi connectivity index (χ0n) is 11.5. The number of aromatic nitrogens is 2. The van der Waals surface area contributed by atoms with Crippen LogP contribution in [0.2, 0.25) is 0 Å². The molecule has 5 heteroatoms. The first-order chi connectivity index (χ1) is 9.06. The molecule has 1 aliphatic rings. The Hall–Kier alpha value is -1.65. The first-order valence-electron chi connectivity index (χ1n) is 6.95. The number of carbonyl (C=O) groups is 1. The molecular formula is C14H21N3O2. The number of nitrogens with one attached hydrogen (secondary N) is 1. The van der Waals surface area contributed by atoms with Crippen molar-refractivity contribution in [2.45, 2.75) is 57.9 Å². The first-order valence-corrected chi connectivity index (χ1v) is 6.95. The molecule has 1 aliphatic carbocycles. The molecule has 104 valence electrons. The van der Waals surface area contributed by atoms with Gasteiger partial charge < -0.3 is 10.4 Å². The molecule has 0 saturated heterocycles. The Kier molecular flexibility index (Phi) is 4.35. The summed E-state index contributed by atoms with van der Waals surface area (Å²) in [6, 6.07) is 1.94. The molecule has 1 saturated carbocycles. The maximum absolute atomic E-state index is 11.1. The third-order valence-electron chi connectivity index (χ3n) is 3.44. The van der Waals surface area contributed by atoms with E-state index in [4.69, 9.17) is 5.11 Å². The molecule has 2 N–H and O–H groups in total. The first kappa shape index (κ1) is 13.8. The summed E-state index contributed by atoms with van der Waals surface area (Å²) in [5.74, 6) is 0.336. The van der Waals surface area contributed by atoms with E-state index in [0.29, 0.717) is 17.7 Å². The Morgan fingerprint density at radius 3 is 2.58 bits per heavy atom. The van der Waals surface area contributed by atoms with Gasteiger partial charge in [0.2, 0.25) is 0 Å². The fraction of sp³-hybridized carbons (Fsp3) is 0.643. The highest BCUT2D eigenvalue weighted by Gasteiger charge is 2.17. The maximum atomic E-state index is 11.1. The third-order valence-corrected chi connectivity index (χ3v) is 3.44. The second kappa shape index (κ2) is 5.99. The summed E-state index contributed by atoms with van der Waals surface area (Å²) in [5, 5.41) is 12.5. The normalized spacial score (nSPS) is 16.6. The van der Waals surface area contributed by atoms with Crippen LogP contribution in [0.3, 0.4) is 0 Å². The predicted molar refractivity (Wildman–Crippen MR) is 73.6 cm³/mol. The largest absolute Gasteiger partial charge is 0.477 e. The fourth-order valence-electron chi connectivity index (χ4n) is 2.36. The second-order valence-electron chi connectivity index (χ2n) is 5.44. The average Bonchev–Trinajstić information content (AvgIpc) is 2.39. The van der Waals surface area contributed by atoms with Crippen LogP contribution in [-0.2, 0) is 0 Å². The summed E-state index contributed by atoms with van der Waals surface area (Å²) in [5.41, 5.74) is 0.0667. The fourth-order valence-corrected chi connectivity index (χ4v) is 2.36. The number of rotatable bonds is 4. The van der Waals surface area contributed by atoms with Crippen molar-refractivity contribution >= 4 is 11.8 Å². The molecule has 0 radical (unpaired) electrons. The van der Waals surface area contributed by atoms with Crippen LogP contribution in [0.25, 0.3) is 0 Å². The lowest BCUT2D eigenvalue weighted by molar-refractivity contribution is 0.0690. The van der Waals surface area contributed by atoms with Gasteiger partial charge in [-0.1, -0.05) is 33.1 Å². The molecule has 1 fully saturated rings. The maximum Gasteiger partial charge on any atom is 0.354 e.